The van der Waals surface area contributed by atoms with E-state index in [1.807, 2.05) is 24.3 Å². The third-order valence-corrected chi connectivity index (χ3v) is 4.22. The molecule has 0 bridgehead atoms. The molecule has 0 aliphatic heterocycles. The average molecular weight is 329 g/mol. The number of methoxy groups -OCH3 is 1. The van der Waals surface area contributed by atoms with Gasteiger partial charge in [-0.1, -0.05) is 12.1 Å². The monoisotopic (exact) mass is 329 g/mol. The largest absolute Gasteiger partial charge is 0.497 e. The number of benzene rings is 1. The molecule has 1 amide bonds. The number of amides is 1. The van der Waals surface area contributed by atoms with Gasteiger partial charge in [-0.25, -0.2) is 4.98 Å². The lowest BCUT2D eigenvalue weighted by molar-refractivity contribution is 0.0952. The first kappa shape index (κ1) is 15.2. The third-order valence-electron chi connectivity index (χ3n) is 3.45. The zero-order valence-electron chi connectivity index (χ0n) is 12.5. The van der Waals surface area contributed by atoms with E-state index in [2.05, 4.69) is 10.3 Å². The summed E-state index contributed by atoms with van der Waals surface area (Å²) in [5.41, 5.74) is 0.781. The molecule has 118 valence electrons. The van der Waals surface area contributed by atoms with Gasteiger partial charge in [0.15, 0.2) is 4.96 Å². The van der Waals surface area contributed by atoms with Crippen LogP contribution in [0.3, 0.4) is 0 Å². The highest BCUT2D eigenvalue weighted by Crippen LogP contribution is 2.11. The van der Waals surface area contributed by atoms with E-state index in [0.717, 1.165) is 11.3 Å². The van der Waals surface area contributed by atoms with Crippen LogP contribution in [0, 0.1) is 0 Å². The standard InChI is InChI=1S/C16H15N3O3S/c1-22-12-4-2-11(3-5-12)6-7-17-14(20)13-10-18-16-19(15(13)21)8-9-23-16/h2-5,8-10H,6-7H2,1H3,(H,17,20). The number of aromatic nitrogens is 2. The van der Waals surface area contributed by atoms with Crippen molar-refractivity contribution < 1.29 is 9.53 Å². The van der Waals surface area contributed by atoms with Crippen molar-refractivity contribution in [2.24, 2.45) is 0 Å². The number of rotatable bonds is 5. The Morgan fingerprint density at radius 2 is 2.13 bits per heavy atom. The summed E-state index contributed by atoms with van der Waals surface area (Å²) in [7, 11) is 1.62. The molecule has 6 nitrogen and oxygen atoms in total. The quantitative estimate of drug-likeness (QED) is 0.774. The second kappa shape index (κ2) is 6.62. The lowest BCUT2D eigenvalue weighted by Crippen LogP contribution is -2.32. The van der Waals surface area contributed by atoms with Gasteiger partial charge in [0.1, 0.15) is 11.3 Å². The maximum atomic E-state index is 12.2. The van der Waals surface area contributed by atoms with Crippen LogP contribution in [0.25, 0.3) is 4.96 Å². The number of carbonyl (C=O) groups is 1. The van der Waals surface area contributed by atoms with E-state index in [4.69, 9.17) is 4.74 Å². The van der Waals surface area contributed by atoms with E-state index in [9.17, 15) is 9.59 Å². The summed E-state index contributed by atoms with van der Waals surface area (Å²) in [6, 6.07) is 7.63. The van der Waals surface area contributed by atoms with Crippen molar-refractivity contribution in [3.63, 3.8) is 0 Å². The molecular formula is C16H15N3O3S. The molecule has 3 aromatic rings. The third kappa shape index (κ3) is 3.24. The van der Waals surface area contributed by atoms with E-state index in [1.54, 1.807) is 18.7 Å². The van der Waals surface area contributed by atoms with E-state index in [1.165, 1.54) is 21.9 Å². The molecule has 0 radical (unpaired) electrons. The topological polar surface area (TPSA) is 72.7 Å². The molecule has 7 heteroatoms. The molecule has 3 rings (SSSR count). The van der Waals surface area contributed by atoms with Crippen molar-refractivity contribution in [1.29, 1.82) is 0 Å². The molecule has 2 heterocycles. The molecule has 0 atom stereocenters. The normalized spacial score (nSPS) is 10.7. The number of carbonyl (C=O) groups excluding carboxylic acids is 1. The summed E-state index contributed by atoms with van der Waals surface area (Å²) in [5, 5.41) is 4.51. The minimum absolute atomic E-state index is 0.0515. The van der Waals surface area contributed by atoms with E-state index in [-0.39, 0.29) is 11.1 Å². The van der Waals surface area contributed by atoms with Crippen LogP contribution in [0.1, 0.15) is 15.9 Å². The molecule has 0 fully saturated rings. The van der Waals surface area contributed by atoms with Crippen molar-refractivity contribution in [3.8, 4) is 5.75 Å². The summed E-state index contributed by atoms with van der Waals surface area (Å²) >= 11 is 1.35. The highest BCUT2D eigenvalue weighted by molar-refractivity contribution is 7.15. The highest BCUT2D eigenvalue weighted by atomic mass is 32.1. The fourth-order valence-electron chi connectivity index (χ4n) is 2.19. The number of nitrogens with one attached hydrogen (secondary N) is 1. The fourth-order valence-corrected chi connectivity index (χ4v) is 2.86. The van der Waals surface area contributed by atoms with Crippen molar-refractivity contribution >= 4 is 22.2 Å². The van der Waals surface area contributed by atoms with Crippen LogP contribution >= 0.6 is 11.3 Å². The van der Waals surface area contributed by atoms with Crippen molar-refractivity contribution in [3.05, 3.63) is 63.5 Å². The molecule has 1 aromatic carbocycles. The van der Waals surface area contributed by atoms with Crippen molar-refractivity contribution in [2.45, 2.75) is 6.42 Å². The smallest absolute Gasteiger partial charge is 0.271 e. The molecule has 0 aliphatic carbocycles. The first-order valence-corrected chi connectivity index (χ1v) is 7.93. The van der Waals surface area contributed by atoms with Crippen LogP contribution in [-0.4, -0.2) is 28.9 Å². The maximum absolute atomic E-state index is 12.2. The Morgan fingerprint density at radius 3 is 2.87 bits per heavy atom. The molecule has 2 aromatic heterocycles. The highest BCUT2D eigenvalue weighted by Gasteiger charge is 2.13. The van der Waals surface area contributed by atoms with Gasteiger partial charge in [0.05, 0.1) is 7.11 Å². The van der Waals surface area contributed by atoms with E-state index >= 15 is 0 Å². The Balaban J connectivity index is 1.64. The molecule has 0 aliphatic rings. The fraction of sp³-hybridized carbons (Fsp3) is 0.188. The van der Waals surface area contributed by atoms with Crippen LogP contribution in [0.4, 0.5) is 0 Å². The minimum atomic E-state index is -0.406. The molecule has 0 saturated heterocycles. The average Bonchev–Trinajstić information content (AvgIpc) is 3.05. The number of hydrogen-bond acceptors (Lipinski definition) is 5. The Bertz CT molecular complexity index is 883. The van der Waals surface area contributed by atoms with Crippen LogP contribution < -0.4 is 15.6 Å². The Kier molecular flexibility index (Phi) is 4.38. The van der Waals surface area contributed by atoms with Crippen LogP contribution in [0.5, 0.6) is 5.75 Å². The predicted octanol–water partition coefficient (Wildman–Crippen LogP) is 1.74. The Hall–Kier alpha value is -2.67. The summed E-state index contributed by atoms with van der Waals surface area (Å²) in [4.78, 5) is 29.0. The molecule has 23 heavy (non-hydrogen) atoms. The summed E-state index contributed by atoms with van der Waals surface area (Å²) in [6.07, 6.45) is 3.62. The van der Waals surface area contributed by atoms with E-state index in [0.29, 0.717) is 17.9 Å². The van der Waals surface area contributed by atoms with Crippen LogP contribution in [-0.2, 0) is 6.42 Å². The molecular weight excluding hydrogens is 314 g/mol. The van der Waals surface area contributed by atoms with Gasteiger partial charge in [-0.15, -0.1) is 11.3 Å². The van der Waals surface area contributed by atoms with Gasteiger partial charge in [-0.2, -0.15) is 0 Å². The lowest BCUT2D eigenvalue weighted by atomic mass is 10.1. The Morgan fingerprint density at radius 1 is 1.35 bits per heavy atom. The second-order valence-electron chi connectivity index (χ2n) is 4.89. The van der Waals surface area contributed by atoms with Gasteiger partial charge in [-0.05, 0) is 24.1 Å². The minimum Gasteiger partial charge on any atom is -0.497 e. The summed E-state index contributed by atoms with van der Waals surface area (Å²) < 4.78 is 6.48. The zero-order chi connectivity index (χ0) is 16.2. The maximum Gasteiger partial charge on any atom is 0.271 e. The number of thiazole rings is 1. The first-order valence-electron chi connectivity index (χ1n) is 7.05. The van der Waals surface area contributed by atoms with Gasteiger partial charge >= 0.3 is 0 Å². The van der Waals surface area contributed by atoms with Gasteiger partial charge in [0.2, 0.25) is 0 Å². The lowest BCUT2D eigenvalue weighted by Gasteiger charge is -2.06. The predicted molar refractivity (Wildman–Crippen MR) is 88.4 cm³/mol. The van der Waals surface area contributed by atoms with Crippen molar-refractivity contribution in [1.82, 2.24) is 14.7 Å². The Labute approximate surface area is 136 Å². The van der Waals surface area contributed by atoms with Gasteiger partial charge < -0.3 is 10.1 Å². The van der Waals surface area contributed by atoms with Gasteiger partial charge in [0, 0.05) is 24.3 Å². The number of fused-ring (bicyclic) bond motifs is 1. The van der Waals surface area contributed by atoms with Gasteiger partial charge in [-0.3, -0.25) is 14.0 Å². The summed E-state index contributed by atoms with van der Waals surface area (Å²) in [5.74, 6) is 0.387. The number of ether oxygens (including phenoxy) is 1. The van der Waals surface area contributed by atoms with Crippen LogP contribution in [0.15, 0.2) is 46.8 Å². The SMILES string of the molecule is COc1ccc(CCNC(=O)c2cnc3sccn3c2=O)cc1. The molecule has 1 N–H and O–H groups in total. The first-order chi connectivity index (χ1) is 11.2. The van der Waals surface area contributed by atoms with E-state index < -0.39 is 5.91 Å². The van der Waals surface area contributed by atoms with Crippen molar-refractivity contribution in [2.75, 3.05) is 13.7 Å². The number of nitrogens with zero attached hydrogens (tertiary/aromatic N) is 2. The molecule has 0 saturated carbocycles. The second-order valence-corrected chi connectivity index (χ2v) is 5.76. The molecule has 0 unspecified atom stereocenters. The summed E-state index contributed by atoms with van der Waals surface area (Å²) in [6.45, 7) is 0.441. The van der Waals surface area contributed by atoms with Crippen LogP contribution in [0.2, 0.25) is 0 Å². The zero-order valence-corrected chi connectivity index (χ0v) is 13.3. The number of hydrogen-bond donors (Lipinski definition) is 1. The molecule has 0 spiro atoms. The van der Waals surface area contributed by atoms with Gasteiger partial charge in [0.25, 0.3) is 11.5 Å².